The molecule has 18 heavy (non-hydrogen) atoms. The molecule has 90 valence electrons. The lowest BCUT2D eigenvalue weighted by Crippen LogP contribution is -1.95. The molecule has 0 bridgehead atoms. The van der Waals surface area contributed by atoms with E-state index in [0.29, 0.717) is 5.95 Å². The minimum absolute atomic E-state index is 0.532. The maximum atomic E-state index is 5.81. The third-order valence-electron chi connectivity index (χ3n) is 3.27. The first-order valence-electron chi connectivity index (χ1n) is 5.80. The number of imidazole rings is 1. The number of nitrogens with zero attached hydrogens (tertiary/aromatic N) is 3. The number of pyridine rings is 1. The number of hydrogen-bond acceptors (Lipinski definition) is 3. The first kappa shape index (κ1) is 10.8. The highest BCUT2D eigenvalue weighted by Crippen LogP contribution is 2.26. The summed E-state index contributed by atoms with van der Waals surface area (Å²) in [5.74, 6) is 0.532. The van der Waals surface area contributed by atoms with E-state index in [-0.39, 0.29) is 0 Å². The first-order valence-corrected chi connectivity index (χ1v) is 5.80. The Morgan fingerprint density at radius 3 is 2.83 bits per heavy atom. The van der Waals surface area contributed by atoms with Gasteiger partial charge in [0.15, 0.2) is 0 Å². The van der Waals surface area contributed by atoms with Crippen molar-refractivity contribution in [3.63, 3.8) is 0 Å². The van der Waals surface area contributed by atoms with Crippen LogP contribution < -0.4 is 5.73 Å². The quantitative estimate of drug-likeness (QED) is 0.708. The van der Waals surface area contributed by atoms with Gasteiger partial charge in [-0.05, 0) is 36.2 Å². The predicted octanol–water partition coefficient (Wildman–Crippen LogP) is 2.53. The second-order valence-corrected chi connectivity index (χ2v) is 4.42. The molecule has 0 spiro atoms. The summed E-state index contributed by atoms with van der Waals surface area (Å²) < 4.78 is 1.88. The topological polar surface area (TPSA) is 56.7 Å². The summed E-state index contributed by atoms with van der Waals surface area (Å²) in [6, 6.07) is 8.18. The van der Waals surface area contributed by atoms with Gasteiger partial charge in [0, 0.05) is 25.0 Å². The molecule has 1 aromatic carbocycles. The number of fused-ring (bicyclic) bond motifs is 1. The molecule has 4 heteroatoms. The predicted molar refractivity (Wildman–Crippen MR) is 73.1 cm³/mol. The monoisotopic (exact) mass is 238 g/mol. The molecule has 0 aliphatic rings. The zero-order valence-corrected chi connectivity index (χ0v) is 10.4. The smallest absolute Gasteiger partial charge is 0.200 e. The standard InChI is InChI=1S/C14H14N4/c1-9-5-6-16-8-11(9)10-3-4-13-12(7-10)17-14(15)18(13)2/h3-8H,1-2H3,(H2,15,17). The van der Waals surface area contributed by atoms with Crippen molar-refractivity contribution in [3.8, 4) is 11.1 Å². The molecule has 3 rings (SSSR count). The molecule has 0 fully saturated rings. The van der Waals surface area contributed by atoms with Gasteiger partial charge in [-0.3, -0.25) is 4.98 Å². The fraction of sp³-hybridized carbons (Fsp3) is 0.143. The van der Waals surface area contributed by atoms with E-state index in [0.717, 1.165) is 22.2 Å². The number of rotatable bonds is 1. The minimum Gasteiger partial charge on any atom is -0.369 e. The average Bonchev–Trinajstić information content (AvgIpc) is 2.65. The van der Waals surface area contributed by atoms with Crippen LogP contribution in [-0.4, -0.2) is 14.5 Å². The molecule has 3 aromatic rings. The molecular formula is C14H14N4. The van der Waals surface area contributed by atoms with Crippen molar-refractivity contribution in [1.82, 2.24) is 14.5 Å². The molecule has 0 saturated carbocycles. The lowest BCUT2D eigenvalue weighted by Gasteiger charge is -2.05. The molecule has 0 aliphatic carbocycles. The van der Waals surface area contributed by atoms with Crippen LogP contribution in [0.3, 0.4) is 0 Å². The van der Waals surface area contributed by atoms with E-state index >= 15 is 0 Å². The van der Waals surface area contributed by atoms with Gasteiger partial charge in [0.05, 0.1) is 11.0 Å². The lowest BCUT2D eigenvalue weighted by molar-refractivity contribution is 0.965. The number of aryl methyl sites for hydroxylation is 2. The van der Waals surface area contributed by atoms with Crippen LogP contribution >= 0.6 is 0 Å². The highest BCUT2D eigenvalue weighted by Gasteiger charge is 2.07. The number of nitrogens with two attached hydrogens (primary N) is 1. The zero-order chi connectivity index (χ0) is 12.7. The molecule has 0 saturated heterocycles. The molecule has 2 aromatic heterocycles. The van der Waals surface area contributed by atoms with Crippen molar-refractivity contribution in [3.05, 3.63) is 42.2 Å². The Balaban J connectivity index is 2.23. The number of nitrogen functional groups attached to an aromatic ring is 1. The van der Waals surface area contributed by atoms with Crippen molar-refractivity contribution < 1.29 is 0 Å². The van der Waals surface area contributed by atoms with Gasteiger partial charge in [0.2, 0.25) is 5.95 Å². The molecule has 0 radical (unpaired) electrons. The molecule has 0 amide bonds. The molecule has 0 aliphatic heterocycles. The van der Waals surface area contributed by atoms with Gasteiger partial charge >= 0.3 is 0 Å². The number of anilines is 1. The van der Waals surface area contributed by atoms with Gasteiger partial charge < -0.3 is 10.3 Å². The van der Waals surface area contributed by atoms with Gasteiger partial charge in [0.1, 0.15) is 0 Å². The Morgan fingerprint density at radius 2 is 2.06 bits per heavy atom. The van der Waals surface area contributed by atoms with Crippen LogP contribution in [0, 0.1) is 6.92 Å². The second-order valence-electron chi connectivity index (χ2n) is 4.42. The highest BCUT2D eigenvalue weighted by atomic mass is 15.1. The fourth-order valence-corrected chi connectivity index (χ4v) is 2.15. The van der Waals surface area contributed by atoms with Crippen LogP contribution in [-0.2, 0) is 7.05 Å². The lowest BCUT2D eigenvalue weighted by atomic mass is 10.0. The Morgan fingerprint density at radius 1 is 1.22 bits per heavy atom. The Labute approximate surface area is 105 Å². The van der Waals surface area contributed by atoms with Crippen LogP contribution in [0.5, 0.6) is 0 Å². The van der Waals surface area contributed by atoms with E-state index in [9.17, 15) is 0 Å². The van der Waals surface area contributed by atoms with E-state index in [1.807, 2.05) is 29.9 Å². The first-order chi connectivity index (χ1) is 8.66. The largest absolute Gasteiger partial charge is 0.369 e. The maximum absolute atomic E-state index is 5.81. The van der Waals surface area contributed by atoms with Crippen molar-refractivity contribution in [2.45, 2.75) is 6.92 Å². The summed E-state index contributed by atoms with van der Waals surface area (Å²) in [7, 11) is 1.92. The molecule has 2 heterocycles. The van der Waals surface area contributed by atoms with E-state index < -0.39 is 0 Å². The summed E-state index contributed by atoms with van der Waals surface area (Å²) in [5.41, 5.74) is 11.2. The SMILES string of the molecule is Cc1ccncc1-c1ccc2c(c1)nc(N)n2C. The molecular weight excluding hydrogens is 224 g/mol. The number of hydrogen-bond donors (Lipinski definition) is 1. The zero-order valence-electron chi connectivity index (χ0n) is 10.4. The third kappa shape index (κ3) is 1.54. The Hall–Kier alpha value is -2.36. The van der Waals surface area contributed by atoms with Crippen molar-refractivity contribution in [1.29, 1.82) is 0 Å². The van der Waals surface area contributed by atoms with Crippen LogP contribution in [0.15, 0.2) is 36.7 Å². The Bertz CT molecular complexity index is 728. The van der Waals surface area contributed by atoms with Crippen molar-refractivity contribution in [2.75, 3.05) is 5.73 Å². The van der Waals surface area contributed by atoms with E-state index in [1.54, 1.807) is 6.20 Å². The molecule has 4 nitrogen and oxygen atoms in total. The van der Waals surface area contributed by atoms with Gasteiger partial charge in [-0.2, -0.15) is 0 Å². The second kappa shape index (κ2) is 3.84. The normalized spacial score (nSPS) is 11.0. The van der Waals surface area contributed by atoms with E-state index in [2.05, 4.69) is 29.0 Å². The minimum atomic E-state index is 0.532. The summed E-state index contributed by atoms with van der Waals surface area (Å²) in [6.07, 6.45) is 3.68. The van der Waals surface area contributed by atoms with Gasteiger partial charge in [0.25, 0.3) is 0 Å². The summed E-state index contributed by atoms with van der Waals surface area (Å²) in [5, 5.41) is 0. The third-order valence-corrected chi connectivity index (χ3v) is 3.27. The number of benzene rings is 1. The van der Waals surface area contributed by atoms with Gasteiger partial charge in [-0.25, -0.2) is 4.98 Å². The summed E-state index contributed by atoms with van der Waals surface area (Å²) in [4.78, 5) is 8.52. The summed E-state index contributed by atoms with van der Waals surface area (Å²) >= 11 is 0. The molecule has 2 N–H and O–H groups in total. The maximum Gasteiger partial charge on any atom is 0.200 e. The Kier molecular flexibility index (Phi) is 2.30. The molecule has 0 unspecified atom stereocenters. The number of aromatic nitrogens is 3. The van der Waals surface area contributed by atoms with Gasteiger partial charge in [-0.1, -0.05) is 6.07 Å². The average molecular weight is 238 g/mol. The van der Waals surface area contributed by atoms with Crippen LogP contribution in [0.25, 0.3) is 22.2 Å². The van der Waals surface area contributed by atoms with E-state index in [4.69, 9.17) is 5.73 Å². The van der Waals surface area contributed by atoms with Gasteiger partial charge in [-0.15, -0.1) is 0 Å². The van der Waals surface area contributed by atoms with Crippen molar-refractivity contribution >= 4 is 17.0 Å². The highest BCUT2D eigenvalue weighted by molar-refractivity contribution is 5.84. The van der Waals surface area contributed by atoms with Crippen LogP contribution in [0.2, 0.25) is 0 Å². The summed E-state index contributed by atoms with van der Waals surface area (Å²) in [6.45, 7) is 2.08. The van der Waals surface area contributed by atoms with E-state index in [1.165, 1.54) is 5.56 Å². The van der Waals surface area contributed by atoms with Crippen molar-refractivity contribution in [2.24, 2.45) is 7.05 Å². The van der Waals surface area contributed by atoms with Crippen LogP contribution in [0.4, 0.5) is 5.95 Å². The fourth-order valence-electron chi connectivity index (χ4n) is 2.15. The van der Waals surface area contributed by atoms with Crippen LogP contribution in [0.1, 0.15) is 5.56 Å². The molecule has 0 atom stereocenters.